The molecule has 0 atom stereocenters. The number of nitrogens with two attached hydrogens (primary N) is 1. The van der Waals surface area contributed by atoms with E-state index in [9.17, 15) is 4.79 Å². The van der Waals surface area contributed by atoms with Gasteiger partial charge in [0.2, 0.25) is 0 Å². The molecule has 0 heterocycles. The van der Waals surface area contributed by atoms with E-state index in [-0.39, 0.29) is 5.91 Å². The Morgan fingerprint density at radius 2 is 2.19 bits per heavy atom. The highest BCUT2D eigenvalue weighted by Crippen LogP contribution is 2.25. The number of carbonyl (C=O) groups excluding carboxylic acids is 1. The molecule has 5 heteroatoms. The topological polar surface area (TPSA) is 82.2 Å². The van der Waals surface area contributed by atoms with Crippen molar-refractivity contribution < 1.29 is 4.79 Å². The fraction of sp³-hybridized carbons (Fsp3) is 0.500. The highest BCUT2D eigenvalue weighted by atomic mass is 16.1. The number of nitrogen functional groups attached to an aromatic ring is 1. The SMILES string of the molecule is CCNC(=O)c1ccc(N(CCC#N)CC(C)C)c(N)c1. The van der Waals surface area contributed by atoms with Crippen molar-refractivity contribution >= 4 is 17.3 Å². The summed E-state index contributed by atoms with van der Waals surface area (Å²) in [6.07, 6.45) is 0.449. The predicted octanol–water partition coefficient (Wildman–Crippen LogP) is 2.39. The molecule has 1 aromatic carbocycles. The van der Waals surface area contributed by atoms with E-state index in [2.05, 4.69) is 30.1 Å². The summed E-state index contributed by atoms with van der Waals surface area (Å²) in [6, 6.07) is 7.49. The van der Waals surface area contributed by atoms with Crippen LogP contribution in [0.15, 0.2) is 18.2 Å². The zero-order valence-corrected chi connectivity index (χ0v) is 13.0. The zero-order chi connectivity index (χ0) is 15.8. The number of nitrogens with zero attached hydrogens (tertiary/aromatic N) is 2. The molecule has 0 fully saturated rings. The van der Waals surface area contributed by atoms with Crippen molar-refractivity contribution in [1.82, 2.24) is 5.32 Å². The fourth-order valence-electron chi connectivity index (χ4n) is 2.18. The van der Waals surface area contributed by atoms with Crippen molar-refractivity contribution in [2.24, 2.45) is 5.92 Å². The molecule has 0 unspecified atom stereocenters. The third-order valence-corrected chi connectivity index (χ3v) is 3.05. The van der Waals surface area contributed by atoms with Gasteiger partial charge < -0.3 is 16.0 Å². The van der Waals surface area contributed by atoms with Crippen LogP contribution in [0.2, 0.25) is 0 Å². The standard InChI is InChI=1S/C16H24N4O/c1-4-19-16(21)13-6-7-15(14(18)10-13)20(9-5-8-17)11-12(2)3/h6-7,10,12H,4-5,9,11,18H2,1-3H3,(H,19,21). The molecule has 21 heavy (non-hydrogen) atoms. The lowest BCUT2D eigenvalue weighted by Gasteiger charge is -2.27. The molecule has 0 aliphatic carbocycles. The lowest BCUT2D eigenvalue weighted by atomic mass is 10.1. The van der Waals surface area contributed by atoms with Gasteiger partial charge in [-0.05, 0) is 31.0 Å². The molecule has 0 saturated heterocycles. The largest absolute Gasteiger partial charge is 0.397 e. The van der Waals surface area contributed by atoms with Crippen LogP contribution in [0.25, 0.3) is 0 Å². The van der Waals surface area contributed by atoms with E-state index in [4.69, 9.17) is 11.0 Å². The normalized spacial score (nSPS) is 10.2. The van der Waals surface area contributed by atoms with Gasteiger partial charge in [0.1, 0.15) is 0 Å². The fourth-order valence-corrected chi connectivity index (χ4v) is 2.18. The van der Waals surface area contributed by atoms with E-state index in [1.54, 1.807) is 12.1 Å². The van der Waals surface area contributed by atoms with Crippen molar-refractivity contribution in [2.45, 2.75) is 27.2 Å². The molecular formula is C16H24N4O. The smallest absolute Gasteiger partial charge is 0.251 e. The Kier molecular flexibility index (Phi) is 6.54. The highest BCUT2D eigenvalue weighted by Gasteiger charge is 2.13. The molecule has 0 aliphatic rings. The van der Waals surface area contributed by atoms with Crippen LogP contribution in [0, 0.1) is 17.2 Å². The molecule has 1 aromatic rings. The highest BCUT2D eigenvalue weighted by molar-refractivity contribution is 5.96. The molecule has 1 rings (SSSR count). The maximum atomic E-state index is 11.8. The van der Waals surface area contributed by atoms with E-state index in [1.165, 1.54) is 0 Å². The molecule has 0 bridgehead atoms. The van der Waals surface area contributed by atoms with Crippen LogP contribution in [0.5, 0.6) is 0 Å². The van der Waals surface area contributed by atoms with Crippen molar-refractivity contribution in [3.05, 3.63) is 23.8 Å². The van der Waals surface area contributed by atoms with E-state index in [0.717, 1.165) is 12.2 Å². The number of anilines is 2. The van der Waals surface area contributed by atoms with Crippen LogP contribution in [0.4, 0.5) is 11.4 Å². The Bertz CT molecular complexity index is 519. The monoisotopic (exact) mass is 288 g/mol. The Balaban J connectivity index is 2.98. The minimum Gasteiger partial charge on any atom is -0.397 e. The average Bonchev–Trinajstić information content (AvgIpc) is 2.43. The first kappa shape index (κ1) is 16.8. The van der Waals surface area contributed by atoms with E-state index < -0.39 is 0 Å². The number of hydrogen-bond donors (Lipinski definition) is 2. The molecule has 0 saturated carbocycles. The maximum absolute atomic E-state index is 11.8. The third kappa shape index (κ3) is 4.99. The molecule has 114 valence electrons. The van der Waals surface area contributed by atoms with Gasteiger partial charge in [-0.1, -0.05) is 13.8 Å². The second-order valence-electron chi connectivity index (χ2n) is 5.38. The first-order chi connectivity index (χ1) is 9.99. The molecule has 0 radical (unpaired) electrons. The number of nitrogens with one attached hydrogen (secondary N) is 1. The molecule has 5 nitrogen and oxygen atoms in total. The number of amides is 1. The van der Waals surface area contributed by atoms with E-state index in [1.807, 2.05) is 13.0 Å². The van der Waals surface area contributed by atoms with E-state index in [0.29, 0.717) is 36.7 Å². The second-order valence-corrected chi connectivity index (χ2v) is 5.38. The van der Waals surface area contributed by atoms with Gasteiger partial charge in [0.25, 0.3) is 5.91 Å². The summed E-state index contributed by atoms with van der Waals surface area (Å²) in [6.45, 7) is 8.17. The number of hydrogen-bond acceptors (Lipinski definition) is 4. The first-order valence-electron chi connectivity index (χ1n) is 7.29. The maximum Gasteiger partial charge on any atom is 0.251 e. The average molecular weight is 288 g/mol. The lowest BCUT2D eigenvalue weighted by molar-refractivity contribution is 0.0956. The molecule has 3 N–H and O–H groups in total. The van der Waals surface area contributed by atoms with E-state index >= 15 is 0 Å². The van der Waals surface area contributed by atoms with Gasteiger partial charge in [-0.25, -0.2) is 0 Å². The summed E-state index contributed by atoms with van der Waals surface area (Å²) in [5.74, 6) is 0.342. The quantitative estimate of drug-likeness (QED) is 0.755. The number of carbonyl (C=O) groups is 1. The Morgan fingerprint density at radius 1 is 1.48 bits per heavy atom. The lowest BCUT2D eigenvalue weighted by Crippen LogP contribution is -2.29. The molecule has 0 aromatic heterocycles. The minimum atomic E-state index is -0.122. The van der Waals surface area contributed by atoms with Crippen LogP contribution in [-0.2, 0) is 0 Å². The zero-order valence-electron chi connectivity index (χ0n) is 13.0. The predicted molar refractivity (Wildman–Crippen MR) is 86.1 cm³/mol. The van der Waals surface area contributed by atoms with Crippen LogP contribution in [0.1, 0.15) is 37.6 Å². The van der Waals surface area contributed by atoms with Crippen molar-refractivity contribution in [1.29, 1.82) is 5.26 Å². The van der Waals surface area contributed by atoms with Crippen LogP contribution in [-0.4, -0.2) is 25.5 Å². The third-order valence-electron chi connectivity index (χ3n) is 3.05. The van der Waals surface area contributed by atoms with Gasteiger partial charge >= 0.3 is 0 Å². The number of benzene rings is 1. The summed E-state index contributed by atoms with van der Waals surface area (Å²) in [5, 5.41) is 11.5. The summed E-state index contributed by atoms with van der Waals surface area (Å²) >= 11 is 0. The second kappa shape index (κ2) is 8.15. The Labute approximate surface area is 126 Å². The summed E-state index contributed by atoms with van der Waals surface area (Å²) in [5.41, 5.74) is 8.11. The van der Waals surface area contributed by atoms with Crippen molar-refractivity contribution in [2.75, 3.05) is 30.3 Å². The number of nitriles is 1. The van der Waals surface area contributed by atoms with Crippen molar-refractivity contribution in [3.8, 4) is 6.07 Å². The van der Waals surface area contributed by atoms with Crippen LogP contribution >= 0.6 is 0 Å². The van der Waals surface area contributed by atoms with Gasteiger partial charge in [-0.3, -0.25) is 4.79 Å². The van der Waals surface area contributed by atoms with Gasteiger partial charge in [0.15, 0.2) is 0 Å². The Morgan fingerprint density at radius 3 is 2.71 bits per heavy atom. The summed E-state index contributed by atoms with van der Waals surface area (Å²) < 4.78 is 0. The number of rotatable bonds is 7. The Hall–Kier alpha value is -2.22. The minimum absolute atomic E-state index is 0.122. The van der Waals surface area contributed by atoms with Crippen LogP contribution < -0.4 is 16.0 Å². The molecule has 0 spiro atoms. The van der Waals surface area contributed by atoms with Crippen LogP contribution in [0.3, 0.4) is 0 Å². The van der Waals surface area contributed by atoms with Gasteiger partial charge in [-0.2, -0.15) is 5.26 Å². The van der Waals surface area contributed by atoms with Gasteiger partial charge in [0.05, 0.1) is 23.9 Å². The summed E-state index contributed by atoms with van der Waals surface area (Å²) in [4.78, 5) is 13.9. The summed E-state index contributed by atoms with van der Waals surface area (Å²) in [7, 11) is 0. The molecule has 1 amide bonds. The van der Waals surface area contributed by atoms with Crippen molar-refractivity contribution in [3.63, 3.8) is 0 Å². The molecular weight excluding hydrogens is 264 g/mol. The first-order valence-corrected chi connectivity index (χ1v) is 7.29. The van der Waals surface area contributed by atoms with Gasteiger partial charge in [-0.15, -0.1) is 0 Å². The molecule has 0 aliphatic heterocycles. The van der Waals surface area contributed by atoms with Gasteiger partial charge in [0, 0.05) is 25.2 Å².